The second kappa shape index (κ2) is 6.02. The molecule has 0 amide bonds. The van der Waals surface area contributed by atoms with Crippen molar-refractivity contribution in [3.63, 3.8) is 0 Å². The number of oxime groups is 1. The van der Waals surface area contributed by atoms with E-state index in [-0.39, 0.29) is 16.1 Å². The number of nitrogens with two attached hydrogens (primary N) is 1. The standard InChI is InChI=1S/C10H11N3O4S2/c11-9(6-3-4-8(19-6)13(15)16)12-17-10(14)7-2-1-5-18-7/h3-4,7H,1-2,5H2,(H2,11,12)/t7-/m1/s1. The Hall–Kier alpha value is -1.61. The molecule has 0 radical (unpaired) electrons. The minimum absolute atomic E-state index is 0.0329. The van der Waals surface area contributed by atoms with Crippen LogP contribution >= 0.6 is 23.1 Å². The maximum absolute atomic E-state index is 11.6. The maximum atomic E-state index is 11.6. The second-order valence-corrected chi connectivity index (χ2v) is 6.16. The van der Waals surface area contributed by atoms with Gasteiger partial charge in [0, 0.05) is 6.07 Å². The van der Waals surface area contributed by atoms with Crippen LogP contribution in [0.4, 0.5) is 5.00 Å². The van der Waals surface area contributed by atoms with Gasteiger partial charge in [0.05, 0.1) is 9.80 Å². The molecule has 19 heavy (non-hydrogen) atoms. The molecule has 9 heteroatoms. The summed E-state index contributed by atoms with van der Waals surface area (Å²) in [6.45, 7) is 0. The smallest absolute Gasteiger partial charge is 0.347 e. The Kier molecular flexibility index (Phi) is 4.38. The van der Waals surface area contributed by atoms with E-state index in [0.717, 1.165) is 29.9 Å². The highest BCUT2D eigenvalue weighted by atomic mass is 32.2. The second-order valence-electron chi connectivity index (χ2n) is 3.78. The van der Waals surface area contributed by atoms with Crippen molar-refractivity contribution in [2.45, 2.75) is 18.1 Å². The summed E-state index contributed by atoms with van der Waals surface area (Å²) in [4.78, 5) is 26.8. The molecule has 0 aromatic carbocycles. The van der Waals surface area contributed by atoms with Crippen molar-refractivity contribution in [1.29, 1.82) is 0 Å². The van der Waals surface area contributed by atoms with Gasteiger partial charge in [0.1, 0.15) is 5.25 Å². The van der Waals surface area contributed by atoms with E-state index in [1.807, 2.05) is 0 Å². The van der Waals surface area contributed by atoms with Crippen LogP contribution in [0.3, 0.4) is 0 Å². The zero-order valence-corrected chi connectivity index (χ0v) is 11.4. The first-order valence-corrected chi connectivity index (χ1v) is 7.35. The van der Waals surface area contributed by atoms with E-state index in [1.165, 1.54) is 23.9 Å². The zero-order valence-electron chi connectivity index (χ0n) is 9.77. The normalized spacial score (nSPS) is 19.4. The highest BCUT2D eigenvalue weighted by molar-refractivity contribution is 8.00. The van der Waals surface area contributed by atoms with E-state index in [9.17, 15) is 14.9 Å². The van der Waals surface area contributed by atoms with Gasteiger partial charge in [-0.05, 0) is 24.7 Å². The Morgan fingerprint density at radius 1 is 1.58 bits per heavy atom. The van der Waals surface area contributed by atoms with E-state index in [2.05, 4.69) is 5.16 Å². The lowest BCUT2D eigenvalue weighted by molar-refractivity contribution is -0.380. The molecule has 2 N–H and O–H groups in total. The van der Waals surface area contributed by atoms with Gasteiger partial charge in [-0.1, -0.05) is 16.5 Å². The zero-order chi connectivity index (χ0) is 13.8. The lowest BCUT2D eigenvalue weighted by Gasteiger charge is -2.03. The predicted octanol–water partition coefficient (Wildman–Crippen LogP) is 1.72. The van der Waals surface area contributed by atoms with Gasteiger partial charge in [-0.25, -0.2) is 4.79 Å². The summed E-state index contributed by atoms with van der Waals surface area (Å²) >= 11 is 2.42. The Labute approximate surface area is 116 Å². The first-order chi connectivity index (χ1) is 9.08. The minimum atomic E-state index is -0.511. The largest absolute Gasteiger partial charge is 0.380 e. The number of carbonyl (C=O) groups is 1. The number of hydrogen-bond acceptors (Lipinski definition) is 7. The number of thiophene rings is 1. The molecule has 102 valence electrons. The van der Waals surface area contributed by atoms with Gasteiger partial charge in [0.15, 0.2) is 5.84 Å². The van der Waals surface area contributed by atoms with Crippen LogP contribution in [0.5, 0.6) is 0 Å². The third-order valence-corrected chi connectivity index (χ3v) is 4.87. The van der Waals surface area contributed by atoms with Crippen LogP contribution in [-0.4, -0.2) is 27.7 Å². The molecule has 0 spiro atoms. The third-order valence-electron chi connectivity index (χ3n) is 2.45. The maximum Gasteiger partial charge on any atom is 0.347 e. The van der Waals surface area contributed by atoms with Gasteiger partial charge < -0.3 is 10.6 Å². The number of hydrogen-bond donors (Lipinski definition) is 1. The molecule has 1 aromatic heterocycles. The SMILES string of the molecule is N/C(=N/OC(=O)[C@H]1CCCS1)c1ccc([N+](=O)[O-])s1. The summed E-state index contributed by atoms with van der Waals surface area (Å²) in [6, 6.07) is 2.80. The van der Waals surface area contributed by atoms with Crippen LogP contribution in [0.25, 0.3) is 0 Å². The van der Waals surface area contributed by atoms with Crippen LogP contribution in [0, 0.1) is 10.1 Å². The topological polar surface area (TPSA) is 108 Å². The van der Waals surface area contributed by atoms with Crippen LogP contribution in [-0.2, 0) is 9.63 Å². The number of amidine groups is 1. The van der Waals surface area contributed by atoms with Crippen LogP contribution in [0.15, 0.2) is 17.3 Å². The van der Waals surface area contributed by atoms with Crippen molar-refractivity contribution in [3.8, 4) is 0 Å². The predicted molar refractivity (Wildman–Crippen MR) is 73.3 cm³/mol. The van der Waals surface area contributed by atoms with E-state index < -0.39 is 10.9 Å². The summed E-state index contributed by atoms with van der Waals surface area (Å²) < 4.78 is 0. The van der Waals surface area contributed by atoms with Crippen molar-refractivity contribution in [1.82, 2.24) is 0 Å². The van der Waals surface area contributed by atoms with E-state index >= 15 is 0 Å². The van der Waals surface area contributed by atoms with Gasteiger partial charge in [0.2, 0.25) is 0 Å². The van der Waals surface area contributed by atoms with Gasteiger partial charge >= 0.3 is 11.0 Å². The average molecular weight is 301 g/mol. The van der Waals surface area contributed by atoms with Crippen molar-refractivity contribution < 1.29 is 14.6 Å². The van der Waals surface area contributed by atoms with Crippen LogP contribution in [0.1, 0.15) is 17.7 Å². The van der Waals surface area contributed by atoms with E-state index in [1.54, 1.807) is 0 Å². The average Bonchev–Trinajstić information content (AvgIpc) is 3.05. The molecule has 0 unspecified atom stereocenters. The molecule has 1 aliphatic rings. The Balaban J connectivity index is 1.97. The van der Waals surface area contributed by atoms with Crippen molar-refractivity contribution in [2.75, 3.05) is 5.75 Å². The Morgan fingerprint density at radius 2 is 2.37 bits per heavy atom. The number of thioether (sulfide) groups is 1. The number of carbonyl (C=O) groups excluding carboxylic acids is 1. The highest BCUT2D eigenvalue weighted by Crippen LogP contribution is 2.27. The molecule has 1 aliphatic heterocycles. The molecular formula is C10H11N3O4S2. The molecule has 0 saturated carbocycles. The van der Waals surface area contributed by atoms with E-state index in [4.69, 9.17) is 10.6 Å². The van der Waals surface area contributed by atoms with Gasteiger partial charge in [-0.2, -0.15) is 0 Å². The van der Waals surface area contributed by atoms with Gasteiger partial charge in [-0.3, -0.25) is 10.1 Å². The number of nitrogens with zero attached hydrogens (tertiary/aromatic N) is 2. The third kappa shape index (κ3) is 3.44. The van der Waals surface area contributed by atoms with Crippen LogP contribution in [0.2, 0.25) is 0 Å². The monoisotopic (exact) mass is 301 g/mol. The fourth-order valence-corrected chi connectivity index (χ4v) is 3.37. The lowest BCUT2D eigenvalue weighted by Crippen LogP contribution is -2.18. The Bertz CT molecular complexity index is 523. The first-order valence-electron chi connectivity index (χ1n) is 5.48. The molecule has 2 rings (SSSR count). The fourth-order valence-electron chi connectivity index (χ4n) is 1.52. The fraction of sp³-hybridized carbons (Fsp3) is 0.400. The van der Waals surface area contributed by atoms with Crippen molar-refractivity contribution in [3.05, 3.63) is 27.1 Å². The molecule has 1 saturated heterocycles. The molecule has 2 heterocycles. The van der Waals surface area contributed by atoms with Crippen molar-refractivity contribution in [2.24, 2.45) is 10.9 Å². The summed E-state index contributed by atoms with van der Waals surface area (Å²) in [7, 11) is 0. The summed E-state index contributed by atoms with van der Waals surface area (Å²) in [6.07, 6.45) is 1.77. The molecule has 0 aliphatic carbocycles. The molecule has 1 atom stereocenters. The molecular weight excluding hydrogens is 290 g/mol. The van der Waals surface area contributed by atoms with Crippen molar-refractivity contribution >= 4 is 39.9 Å². The Morgan fingerprint density at radius 3 is 2.95 bits per heavy atom. The summed E-state index contributed by atoms with van der Waals surface area (Å²) in [5.41, 5.74) is 5.61. The van der Waals surface area contributed by atoms with Gasteiger partial charge in [-0.15, -0.1) is 11.8 Å². The molecule has 1 aromatic rings. The van der Waals surface area contributed by atoms with Crippen LogP contribution < -0.4 is 5.73 Å². The highest BCUT2D eigenvalue weighted by Gasteiger charge is 2.25. The number of rotatable bonds is 4. The molecule has 7 nitrogen and oxygen atoms in total. The molecule has 0 bridgehead atoms. The summed E-state index contributed by atoms with van der Waals surface area (Å²) in [5.74, 6) is 0.488. The minimum Gasteiger partial charge on any atom is -0.380 e. The number of nitro groups is 1. The van der Waals surface area contributed by atoms with E-state index in [0.29, 0.717) is 4.88 Å². The summed E-state index contributed by atoms with van der Waals surface area (Å²) in [5, 5.41) is 13.8. The lowest BCUT2D eigenvalue weighted by atomic mass is 10.2. The van der Waals surface area contributed by atoms with Gasteiger partial charge in [0.25, 0.3) is 0 Å². The first kappa shape index (κ1) is 13.8. The quantitative estimate of drug-likeness (QED) is 0.298. The molecule has 1 fully saturated rings.